The van der Waals surface area contributed by atoms with Gasteiger partial charge in [-0.2, -0.15) is 4.98 Å². The maximum absolute atomic E-state index is 5.42. The molecule has 2 heterocycles. The van der Waals surface area contributed by atoms with Gasteiger partial charge in [-0.25, -0.2) is 0 Å². The average molecular weight is 514 g/mol. The molecule has 0 saturated carbocycles. The highest BCUT2D eigenvalue weighted by Gasteiger charge is 2.24. The topological polar surface area (TPSA) is 87.8 Å². The van der Waals surface area contributed by atoms with Crippen LogP contribution in [0.2, 0.25) is 0 Å². The third-order valence-electron chi connectivity index (χ3n) is 4.95. The highest BCUT2D eigenvalue weighted by molar-refractivity contribution is 14.0. The predicted octanol–water partition coefficient (Wildman–Crippen LogP) is 2.55. The number of ether oxygens (including phenoxy) is 1. The van der Waals surface area contributed by atoms with Gasteiger partial charge in [-0.05, 0) is 50.6 Å². The summed E-state index contributed by atoms with van der Waals surface area (Å²) in [6.07, 6.45) is 3.15. The van der Waals surface area contributed by atoms with E-state index < -0.39 is 0 Å². The fourth-order valence-electron chi connectivity index (χ4n) is 3.50. The van der Waals surface area contributed by atoms with Crippen LogP contribution in [0.25, 0.3) is 0 Å². The normalized spacial score (nSPS) is 15.6. The SMILES string of the molecule is CN=C(NCCc1nc(C)no1)NCC(c1cccc(OC)c1)N1CCCC1.I. The molecule has 1 fully saturated rings. The van der Waals surface area contributed by atoms with Crippen LogP contribution in [0, 0.1) is 6.92 Å². The zero-order valence-corrected chi connectivity index (χ0v) is 19.7. The second-order valence-corrected chi connectivity index (χ2v) is 6.90. The minimum atomic E-state index is 0. The third kappa shape index (κ3) is 6.84. The Morgan fingerprint density at radius 3 is 2.76 bits per heavy atom. The van der Waals surface area contributed by atoms with Gasteiger partial charge in [0.15, 0.2) is 11.8 Å². The van der Waals surface area contributed by atoms with E-state index in [2.05, 4.69) is 48.9 Å². The van der Waals surface area contributed by atoms with Gasteiger partial charge in [0.25, 0.3) is 0 Å². The van der Waals surface area contributed by atoms with Crippen molar-refractivity contribution in [3.63, 3.8) is 0 Å². The summed E-state index contributed by atoms with van der Waals surface area (Å²) < 4.78 is 10.6. The first kappa shape index (κ1) is 23.4. The van der Waals surface area contributed by atoms with Gasteiger partial charge >= 0.3 is 0 Å². The van der Waals surface area contributed by atoms with Crippen molar-refractivity contribution < 1.29 is 9.26 Å². The molecule has 0 amide bonds. The van der Waals surface area contributed by atoms with Crippen molar-refractivity contribution in [1.29, 1.82) is 0 Å². The summed E-state index contributed by atoms with van der Waals surface area (Å²) in [6.45, 7) is 5.50. The number of likely N-dealkylation sites (tertiary alicyclic amines) is 1. The lowest BCUT2D eigenvalue weighted by Crippen LogP contribution is -2.43. The zero-order valence-electron chi connectivity index (χ0n) is 17.4. The van der Waals surface area contributed by atoms with Crippen LogP contribution in [0.1, 0.15) is 36.2 Å². The first-order valence-corrected chi connectivity index (χ1v) is 9.81. The molecule has 1 aromatic heterocycles. The molecular weight excluding hydrogens is 483 g/mol. The minimum Gasteiger partial charge on any atom is -0.497 e. The lowest BCUT2D eigenvalue weighted by molar-refractivity contribution is 0.245. The lowest BCUT2D eigenvalue weighted by Gasteiger charge is -2.29. The molecule has 8 nitrogen and oxygen atoms in total. The standard InChI is InChI=1S/C20H30N6O2.HI/c1-15-24-19(28-25-15)9-10-22-20(21-2)23-14-18(26-11-4-5-12-26)16-7-6-8-17(13-16)27-3;/h6-8,13,18H,4-5,9-12,14H2,1-3H3,(H2,21,22,23);1H. The van der Waals surface area contributed by atoms with Crippen LogP contribution in [-0.4, -0.2) is 61.3 Å². The molecule has 1 atom stereocenters. The van der Waals surface area contributed by atoms with Gasteiger partial charge in [-0.1, -0.05) is 17.3 Å². The van der Waals surface area contributed by atoms with Crippen LogP contribution in [0.5, 0.6) is 5.75 Å². The van der Waals surface area contributed by atoms with Crippen LogP contribution in [0.15, 0.2) is 33.8 Å². The van der Waals surface area contributed by atoms with Gasteiger partial charge in [0.05, 0.1) is 13.2 Å². The summed E-state index contributed by atoms with van der Waals surface area (Å²) in [4.78, 5) is 11.1. The third-order valence-corrected chi connectivity index (χ3v) is 4.95. The second kappa shape index (κ2) is 12.0. The number of hydrogen-bond acceptors (Lipinski definition) is 6. The molecule has 0 bridgehead atoms. The van der Waals surface area contributed by atoms with E-state index in [0.29, 0.717) is 24.7 Å². The molecular formula is C20H31IN6O2. The van der Waals surface area contributed by atoms with Crippen molar-refractivity contribution in [3.05, 3.63) is 41.5 Å². The fraction of sp³-hybridized carbons (Fsp3) is 0.550. The minimum absolute atomic E-state index is 0. The number of aryl methyl sites for hydroxylation is 1. The first-order valence-electron chi connectivity index (χ1n) is 9.81. The van der Waals surface area contributed by atoms with E-state index in [-0.39, 0.29) is 30.0 Å². The van der Waals surface area contributed by atoms with E-state index in [4.69, 9.17) is 9.26 Å². The Morgan fingerprint density at radius 2 is 2.10 bits per heavy atom. The Balaban J connectivity index is 0.00000300. The molecule has 1 aromatic carbocycles. The van der Waals surface area contributed by atoms with E-state index in [0.717, 1.165) is 31.3 Å². The Kier molecular flexibility index (Phi) is 9.65. The summed E-state index contributed by atoms with van der Waals surface area (Å²) in [7, 11) is 3.49. The number of benzene rings is 1. The highest BCUT2D eigenvalue weighted by atomic mass is 127. The number of methoxy groups -OCH3 is 1. The number of nitrogens with zero attached hydrogens (tertiary/aromatic N) is 4. The van der Waals surface area contributed by atoms with Crippen molar-refractivity contribution in [2.75, 3.05) is 40.3 Å². The number of aromatic nitrogens is 2. The number of hydrogen-bond donors (Lipinski definition) is 2. The highest BCUT2D eigenvalue weighted by Crippen LogP contribution is 2.27. The van der Waals surface area contributed by atoms with E-state index in [9.17, 15) is 0 Å². The molecule has 9 heteroatoms. The van der Waals surface area contributed by atoms with Gasteiger partial charge < -0.3 is 19.9 Å². The average Bonchev–Trinajstić information content (AvgIpc) is 3.39. The maximum Gasteiger partial charge on any atom is 0.228 e. The maximum atomic E-state index is 5.42. The Bertz CT molecular complexity index is 776. The fourth-order valence-corrected chi connectivity index (χ4v) is 3.50. The van der Waals surface area contributed by atoms with Crippen molar-refractivity contribution >= 4 is 29.9 Å². The molecule has 0 spiro atoms. The van der Waals surface area contributed by atoms with Crippen LogP contribution in [-0.2, 0) is 6.42 Å². The van der Waals surface area contributed by atoms with E-state index >= 15 is 0 Å². The monoisotopic (exact) mass is 514 g/mol. The van der Waals surface area contributed by atoms with Crippen molar-refractivity contribution in [2.45, 2.75) is 32.2 Å². The molecule has 1 aliphatic rings. The van der Waals surface area contributed by atoms with Gasteiger partial charge in [0.2, 0.25) is 5.89 Å². The quantitative estimate of drug-likeness (QED) is 0.318. The van der Waals surface area contributed by atoms with Gasteiger partial charge in [-0.3, -0.25) is 9.89 Å². The largest absolute Gasteiger partial charge is 0.497 e. The predicted molar refractivity (Wildman–Crippen MR) is 124 cm³/mol. The first-order chi connectivity index (χ1) is 13.7. The zero-order chi connectivity index (χ0) is 19.8. The molecule has 0 aliphatic carbocycles. The van der Waals surface area contributed by atoms with E-state index in [1.807, 2.05) is 13.0 Å². The Hall–Kier alpha value is -1.88. The molecule has 2 aromatic rings. The number of guanidine groups is 1. The second-order valence-electron chi connectivity index (χ2n) is 6.90. The molecule has 0 radical (unpaired) electrons. The van der Waals surface area contributed by atoms with Crippen LogP contribution in [0.3, 0.4) is 0 Å². The van der Waals surface area contributed by atoms with Crippen LogP contribution < -0.4 is 15.4 Å². The van der Waals surface area contributed by atoms with Crippen molar-refractivity contribution in [1.82, 2.24) is 25.7 Å². The van der Waals surface area contributed by atoms with Crippen LogP contribution >= 0.6 is 24.0 Å². The summed E-state index contributed by atoms with van der Waals surface area (Å²) >= 11 is 0. The van der Waals surface area contributed by atoms with E-state index in [1.165, 1.54) is 18.4 Å². The molecule has 1 saturated heterocycles. The van der Waals surface area contributed by atoms with Gasteiger partial charge in [0.1, 0.15) is 5.75 Å². The molecule has 29 heavy (non-hydrogen) atoms. The Morgan fingerprint density at radius 1 is 1.31 bits per heavy atom. The molecule has 2 N–H and O–H groups in total. The van der Waals surface area contributed by atoms with Crippen molar-refractivity contribution in [3.8, 4) is 5.75 Å². The molecule has 3 rings (SSSR count). The molecule has 160 valence electrons. The van der Waals surface area contributed by atoms with Crippen molar-refractivity contribution in [2.24, 2.45) is 4.99 Å². The number of rotatable bonds is 8. The summed E-state index contributed by atoms with van der Waals surface area (Å²) in [6, 6.07) is 8.60. The van der Waals surface area contributed by atoms with Gasteiger partial charge in [-0.15, -0.1) is 24.0 Å². The molecule has 1 unspecified atom stereocenters. The molecule has 1 aliphatic heterocycles. The lowest BCUT2D eigenvalue weighted by atomic mass is 10.1. The Labute approximate surface area is 189 Å². The smallest absolute Gasteiger partial charge is 0.228 e. The summed E-state index contributed by atoms with van der Waals surface area (Å²) in [5.74, 6) is 2.94. The number of halogens is 1. The van der Waals surface area contributed by atoms with E-state index in [1.54, 1.807) is 14.2 Å². The van der Waals surface area contributed by atoms with Gasteiger partial charge in [0, 0.05) is 26.6 Å². The van der Waals surface area contributed by atoms with Crippen LogP contribution in [0.4, 0.5) is 0 Å². The number of nitrogens with one attached hydrogen (secondary N) is 2. The summed E-state index contributed by atoms with van der Waals surface area (Å²) in [5, 5.41) is 10.6. The number of aliphatic imine (C=N–C) groups is 1. The summed E-state index contributed by atoms with van der Waals surface area (Å²) in [5.41, 5.74) is 1.26.